The molecule has 0 amide bonds. The third kappa shape index (κ3) is 1.80. The molecule has 18 heavy (non-hydrogen) atoms. The minimum atomic E-state index is 0.619. The largest absolute Gasteiger partial charge is 0.102 e. The van der Waals surface area contributed by atoms with Gasteiger partial charge in [-0.2, -0.15) is 0 Å². The van der Waals surface area contributed by atoms with Gasteiger partial charge in [-0.15, -0.1) is 6.58 Å². The van der Waals surface area contributed by atoms with E-state index in [1.807, 2.05) is 0 Å². The van der Waals surface area contributed by atoms with Gasteiger partial charge in [0.25, 0.3) is 0 Å². The van der Waals surface area contributed by atoms with Gasteiger partial charge in [-0.1, -0.05) is 44.4 Å². The minimum absolute atomic E-state index is 0.619. The quantitative estimate of drug-likeness (QED) is 0.545. The van der Waals surface area contributed by atoms with E-state index in [1.54, 1.807) is 5.57 Å². The fourth-order valence-electron chi connectivity index (χ4n) is 5.43. The molecule has 0 saturated heterocycles. The molecule has 0 N–H and O–H groups in total. The fourth-order valence-corrected chi connectivity index (χ4v) is 5.43. The molecule has 0 aliphatic heterocycles. The molecule has 0 aromatic heterocycles. The predicted octanol–water partition coefficient (Wildman–Crippen LogP) is 5.36. The molecule has 0 spiro atoms. The average molecular weight is 244 g/mol. The van der Waals surface area contributed by atoms with Crippen molar-refractivity contribution in [1.29, 1.82) is 0 Å². The summed E-state index contributed by atoms with van der Waals surface area (Å²) in [7, 11) is 0. The summed E-state index contributed by atoms with van der Waals surface area (Å²) in [6.45, 7) is 9.10. The minimum Gasteiger partial charge on any atom is -0.102 e. The maximum absolute atomic E-state index is 3.99. The van der Waals surface area contributed by atoms with Crippen LogP contribution in [0.5, 0.6) is 0 Å². The van der Waals surface area contributed by atoms with E-state index in [2.05, 4.69) is 32.6 Å². The van der Waals surface area contributed by atoms with E-state index in [0.717, 1.165) is 17.8 Å². The Bertz CT molecular complexity index is 364. The summed E-state index contributed by atoms with van der Waals surface area (Å²) in [4.78, 5) is 0. The van der Waals surface area contributed by atoms with Crippen LogP contribution in [0, 0.1) is 29.1 Å². The lowest BCUT2D eigenvalue weighted by molar-refractivity contribution is -0.0109. The number of fused-ring (bicyclic) bond motifs is 3. The molecular weight excluding hydrogens is 216 g/mol. The van der Waals surface area contributed by atoms with E-state index < -0.39 is 0 Å². The molecule has 5 atom stereocenters. The molecule has 0 bridgehead atoms. The van der Waals surface area contributed by atoms with Crippen LogP contribution >= 0.6 is 0 Å². The van der Waals surface area contributed by atoms with Crippen molar-refractivity contribution in [2.24, 2.45) is 29.1 Å². The van der Waals surface area contributed by atoms with Gasteiger partial charge in [0, 0.05) is 0 Å². The van der Waals surface area contributed by atoms with Gasteiger partial charge in [0.05, 0.1) is 0 Å². The van der Waals surface area contributed by atoms with Gasteiger partial charge in [-0.05, 0) is 61.2 Å². The zero-order valence-electron chi connectivity index (χ0n) is 12.1. The second-order valence-electron chi connectivity index (χ2n) is 7.29. The van der Waals surface area contributed by atoms with Crippen molar-refractivity contribution >= 4 is 0 Å². The van der Waals surface area contributed by atoms with Crippen LogP contribution in [0.25, 0.3) is 0 Å². The second-order valence-corrected chi connectivity index (χ2v) is 7.29. The average Bonchev–Trinajstić information content (AvgIpc) is 2.38. The number of allylic oxidation sites excluding steroid dienone is 3. The van der Waals surface area contributed by atoms with Crippen molar-refractivity contribution in [1.82, 2.24) is 0 Å². The van der Waals surface area contributed by atoms with Crippen molar-refractivity contribution in [2.75, 3.05) is 0 Å². The monoisotopic (exact) mass is 244 g/mol. The van der Waals surface area contributed by atoms with Gasteiger partial charge in [-0.25, -0.2) is 0 Å². The normalized spacial score (nSPS) is 47.8. The summed E-state index contributed by atoms with van der Waals surface area (Å²) in [6.07, 6.45) is 14.7. The van der Waals surface area contributed by atoms with Crippen molar-refractivity contribution in [2.45, 2.75) is 58.8 Å². The van der Waals surface area contributed by atoms with E-state index in [-0.39, 0.29) is 0 Å². The molecule has 3 rings (SSSR count). The molecular formula is C18H28. The smallest absolute Gasteiger partial charge is 0.00532 e. The SMILES string of the molecule is C=CC1C=C2CCC3C(C)CCCC3(C)C2CC1. The molecule has 3 aliphatic rings. The van der Waals surface area contributed by atoms with Gasteiger partial charge >= 0.3 is 0 Å². The Labute approximate surface area is 113 Å². The zero-order chi connectivity index (χ0) is 12.8. The molecule has 0 aromatic rings. The van der Waals surface area contributed by atoms with Crippen molar-refractivity contribution in [3.63, 3.8) is 0 Å². The topological polar surface area (TPSA) is 0 Å². The second kappa shape index (κ2) is 4.54. The molecule has 100 valence electrons. The molecule has 0 heteroatoms. The third-order valence-corrected chi connectivity index (χ3v) is 6.42. The first-order valence-electron chi connectivity index (χ1n) is 7.98. The van der Waals surface area contributed by atoms with Crippen LogP contribution in [-0.2, 0) is 0 Å². The van der Waals surface area contributed by atoms with Crippen LogP contribution in [0.4, 0.5) is 0 Å². The molecule has 3 aliphatic carbocycles. The summed E-state index contributed by atoms with van der Waals surface area (Å²) in [5, 5.41) is 0. The highest BCUT2D eigenvalue weighted by molar-refractivity contribution is 5.22. The van der Waals surface area contributed by atoms with Crippen LogP contribution < -0.4 is 0 Å². The van der Waals surface area contributed by atoms with Crippen LogP contribution in [0.2, 0.25) is 0 Å². The standard InChI is InChI=1S/C18H28/c1-4-14-7-9-17-15(12-14)8-10-16-13(2)6-5-11-18(16,17)3/h4,12-14,16-17H,1,5-11H2,2-3H3. The Kier molecular flexibility index (Phi) is 3.16. The highest BCUT2D eigenvalue weighted by atomic mass is 14.5. The lowest BCUT2D eigenvalue weighted by atomic mass is 9.50. The van der Waals surface area contributed by atoms with Gasteiger partial charge in [0.1, 0.15) is 0 Å². The van der Waals surface area contributed by atoms with Crippen molar-refractivity contribution in [3.05, 3.63) is 24.3 Å². The fraction of sp³-hybridized carbons (Fsp3) is 0.778. The zero-order valence-corrected chi connectivity index (χ0v) is 12.1. The Morgan fingerprint density at radius 2 is 2.11 bits per heavy atom. The Morgan fingerprint density at radius 3 is 2.89 bits per heavy atom. The van der Waals surface area contributed by atoms with Crippen LogP contribution in [-0.4, -0.2) is 0 Å². The first-order valence-corrected chi connectivity index (χ1v) is 7.98. The number of rotatable bonds is 1. The molecule has 0 heterocycles. The predicted molar refractivity (Wildman–Crippen MR) is 78.3 cm³/mol. The summed E-state index contributed by atoms with van der Waals surface area (Å²) in [6, 6.07) is 0. The molecule has 0 nitrogen and oxygen atoms in total. The van der Waals surface area contributed by atoms with Crippen molar-refractivity contribution in [3.8, 4) is 0 Å². The first kappa shape index (κ1) is 12.5. The molecule has 2 fully saturated rings. The molecule has 0 radical (unpaired) electrons. The van der Waals surface area contributed by atoms with Gasteiger partial charge in [0.15, 0.2) is 0 Å². The first-order chi connectivity index (χ1) is 8.65. The number of hydrogen-bond donors (Lipinski definition) is 0. The maximum atomic E-state index is 3.99. The Balaban J connectivity index is 1.91. The number of hydrogen-bond acceptors (Lipinski definition) is 0. The van der Waals surface area contributed by atoms with Crippen LogP contribution in [0.1, 0.15) is 58.8 Å². The summed E-state index contributed by atoms with van der Waals surface area (Å²) in [5.74, 6) is 3.52. The van der Waals surface area contributed by atoms with Gasteiger partial charge in [-0.3, -0.25) is 0 Å². The summed E-state index contributed by atoms with van der Waals surface area (Å²) >= 11 is 0. The molecule has 0 aromatic carbocycles. The van der Waals surface area contributed by atoms with Crippen LogP contribution in [0.3, 0.4) is 0 Å². The van der Waals surface area contributed by atoms with E-state index in [9.17, 15) is 0 Å². The van der Waals surface area contributed by atoms with E-state index in [1.165, 1.54) is 44.9 Å². The highest BCUT2D eigenvalue weighted by Crippen LogP contribution is 2.59. The van der Waals surface area contributed by atoms with Crippen LogP contribution in [0.15, 0.2) is 24.3 Å². The summed E-state index contributed by atoms with van der Waals surface area (Å²) < 4.78 is 0. The lowest BCUT2D eigenvalue weighted by Gasteiger charge is -2.55. The Morgan fingerprint density at radius 1 is 1.28 bits per heavy atom. The maximum Gasteiger partial charge on any atom is -0.00532 e. The Hall–Kier alpha value is -0.520. The van der Waals surface area contributed by atoms with Gasteiger partial charge in [0.2, 0.25) is 0 Å². The lowest BCUT2D eigenvalue weighted by Crippen LogP contribution is -2.46. The molecule has 2 saturated carbocycles. The van der Waals surface area contributed by atoms with E-state index in [4.69, 9.17) is 0 Å². The highest BCUT2D eigenvalue weighted by Gasteiger charge is 2.49. The summed E-state index contributed by atoms with van der Waals surface area (Å²) in [5.41, 5.74) is 2.41. The van der Waals surface area contributed by atoms with Crippen molar-refractivity contribution < 1.29 is 0 Å². The molecule has 5 unspecified atom stereocenters. The van der Waals surface area contributed by atoms with Gasteiger partial charge < -0.3 is 0 Å². The van der Waals surface area contributed by atoms with E-state index >= 15 is 0 Å². The van der Waals surface area contributed by atoms with E-state index in [0.29, 0.717) is 11.3 Å². The third-order valence-electron chi connectivity index (χ3n) is 6.42.